The molecule has 0 radical (unpaired) electrons. The monoisotopic (exact) mass is 302 g/mol. The number of halogens is 1. The molecule has 106 valence electrons. The predicted molar refractivity (Wildman–Crippen MR) is 77.8 cm³/mol. The highest BCUT2D eigenvalue weighted by atomic mass is 35.5. The van der Waals surface area contributed by atoms with Gasteiger partial charge in [0.05, 0.1) is 5.66 Å². The van der Waals surface area contributed by atoms with Crippen LogP contribution in [0.1, 0.15) is 45.8 Å². The summed E-state index contributed by atoms with van der Waals surface area (Å²) in [4.78, 5) is 0. The lowest BCUT2D eigenvalue weighted by atomic mass is 9.90. The summed E-state index contributed by atoms with van der Waals surface area (Å²) >= 11 is 5.87. The summed E-state index contributed by atoms with van der Waals surface area (Å²) in [5, 5.41) is 0.656. The summed E-state index contributed by atoms with van der Waals surface area (Å²) < 4.78 is 24.5. The fraction of sp³-hybridized carbons (Fsp3) is 0.571. The van der Waals surface area contributed by atoms with E-state index in [1.807, 2.05) is 46.8 Å². The molecule has 0 saturated carbocycles. The average molecular weight is 303 g/mol. The van der Waals surface area contributed by atoms with E-state index in [0.717, 1.165) is 5.56 Å². The first-order chi connectivity index (χ1) is 8.57. The Morgan fingerprint density at radius 2 is 1.47 bits per heavy atom. The van der Waals surface area contributed by atoms with Crippen molar-refractivity contribution in [3.05, 3.63) is 34.9 Å². The Labute approximate surface area is 119 Å². The molecular weight excluding hydrogens is 283 g/mol. The molecule has 0 aromatic heterocycles. The molecule has 1 unspecified atom stereocenters. The number of benzene rings is 1. The fourth-order valence-electron chi connectivity index (χ4n) is 1.96. The highest BCUT2D eigenvalue weighted by molar-refractivity contribution is 7.54. The van der Waals surface area contributed by atoms with Gasteiger partial charge in [-0.1, -0.05) is 23.7 Å². The van der Waals surface area contributed by atoms with Crippen LogP contribution in [0.3, 0.4) is 0 Å². The first-order valence-corrected chi connectivity index (χ1v) is 8.33. The van der Waals surface area contributed by atoms with Crippen LogP contribution in [0.15, 0.2) is 24.3 Å². The second-order valence-corrected chi connectivity index (χ2v) is 8.63. The van der Waals surface area contributed by atoms with E-state index in [-0.39, 0.29) is 5.66 Å². The third kappa shape index (κ3) is 2.62. The zero-order valence-corrected chi connectivity index (χ0v) is 13.6. The van der Waals surface area contributed by atoms with Crippen LogP contribution in [0.5, 0.6) is 0 Å². The first-order valence-electron chi connectivity index (χ1n) is 6.34. The predicted octanol–water partition coefficient (Wildman–Crippen LogP) is 5.20. The second kappa shape index (κ2) is 4.60. The van der Waals surface area contributed by atoms with Crippen molar-refractivity contribution in [2.24, 2.45) is 0 Å². The van der Waals surface area contributed by atoms with E-state index in [1.165, 1.54) is 0 Å². The minimum absolute atomic E-state index is 0.314. The Kier molecular flexibility index (Phi) is 3.64. The van der Waals surface area contributed by atoms with Crippen molar-refractivity contribution >= 4 is 19.2 Å². The lowest BCUT2D eigenvalue weighted by Crippen LogP contribution is -2.41. The van der Waals surface area contributed by atoms with Crippen LogP contribution >= 0.6 is 19.2 Å². The largest absolute Gasteiger partial charge is 0.339 e. The zero-order valence-electron chi connectivity index (χ0n) is 11.9. The van der Waals surface area contributed by atoms with Gasteiger partial charge in [0.25, 0.3) is 0 Å². The standard InChI is InChI=1S/C14H20ClO3P/c1-10(11-6-8-12(15)9-7-11)19(16)17-13(2,3)14(4,5)18-19/h6-10H,1-5H3. The van der Waals surface area contributed by atoms with Crippen molar-refractivity contribution in [2.75, 3.05) is 0 Å². The van der Waals surface area contributed by atoms with Gasteiger partial charge in [-0.3, -0.25) is 13.6 Å². The van der Waals surface area contributed by atoms with Gasteiger partial charge in [0.1, 0.15) is 11.2 Å². The van der Waals surface area contributed by atoms with Crippen molar-refractivity contribution in [3.63, 3.8) is 0 Å². The van der Waals surface area contributed by atoms with Crippen molar-refractivity contribution in [3.8, 4) is 0 Å². The summed E-state index contributed by atoms with van der Waals surface area (Å²) in [6.45, 7) is 9.48. The Morgan fingerprint density at radius 1 is 1.05 bits per heavy atom. The van der Waals surface area contributed by atoms with Crippen LogP contribution in [-0.2, 0) is 13.6 Å². The number of hydrogen-bond donors (Lipinski definition) is 0. The van der Waals surface area contributed by atoms with E-state index in [2.05, 4.69) is 0 Å². The molecule has 0 amide bonds. The SMILES string of the molecule is CC(c1ccc(Cl)cc1)P1(=O)OC(C)(C)C(C)(C)O1. The van der Waals surface area contributed by atoms with Gasteiger partial charge in [-0.05, 0) is 52.3 Å². The minimum Gasteiger partial charge on any atom is -0.299 e. The molecular formula is C14H20ClO3P. The maximum absolute atomic E-state index is 13.0. The molecule has 1 fully saturated rings. The van der Waals surface area contributed by atoms with Crippen LogP contribution < -0.4 is 0 Å². The van der Waals surface area contributed by atoms with Crippen molar-refractivity contribution < 1.29 is 13.6 Å². The Balaban J connectivity index is 2.32. The van der Waals surface area contributed by atoms with Crippen LogP contribution in [0.25, 0.3) is 0 Å². The molecule has 1 aromatic rings. The molecule has 0 bridgehead atoms. The summed E-state index contributed by atoms with van der Waals surface area (Å²) in [6.07, 6.45) is 0. The molecule has 1 aromatic carbocycles. The number of rotatable bonds is 2. The minimum atomic E-state index is -3.18. The molecule has 19 heavy (non-hydrogen) atoms. The number of hydrogen-bond acceptors (Lipinski definition) is 3. The Morgan fingerprint density at radius 3 is 1.89 bits per heavy atom. The smallest absolute Gasteiger partial charge is 0.299 e. The summed E-state index contributed by atoms with van der Waals surface area (Å²) in [7, 11) is -3.18. The van der Waals surface area contributed by atoms with Crippen LogP contribution in [-0.4, -0.2) is 11.2 Å². The molecule has 1 heterocycles. The van der Waals surface area contributed by atoms with Gasteiger partial charge in [0, 0.05) is 5.02 Å². The second-order valence-electron chi connectivity index (χ2n) is 5.97. The van der Waals surface area contributed by atoms with Crippen LogP contribution in [0.2, 0.25) is 5.02 Å². The van der Waals surface area contributed by atoms with Crippen LogP contribution in [0, 0.1) is 0 Å². The molecule has 1 atom stereocenters. The molecule has 0 aliphatic carbocycles. The van der Waals surface area contributed by atoms with Gasteiger partial charge in [-0.15, -0.1) is 0 Å². The third-order valence-electron chi connectivity index (χ3n) is 3.99. The first kappa shape index (κ1) is 15.1. The topological polar surface area (TPSA) is 35.5 Å². The third-order valence-corrected chi connectivity index (χ3v) is 6.91. The van der Waals surface area contributed by atoms with Gasteiger partial charge in [0.15, 0.2) is 0 Å². The fourth-order valence-corrected chi connectivity index (χ4v) is 4.69. The summed E-state index contributed by atoms with van der Waals surface area (Å²) in [6, 6.07) is 7.28. The maximum atomic E-state index is 13.0. The normalized spacial score (nSPS) is 25.2. The molecule has 5 heteroatoms. The van der Waals surface area contributed by atoms with Crippen LogP contribution in [0.4, 0.5) is 0 Å². The van der Waals surface area contributed by atoms with E-state index in [0.29, 0.717) is 5.02 Å². The van der Waals surface area contributed by atoms with Gasteiger partial charge in [-0.2, -0.15) is 0 Å². The quantitative estimate of drug-likeness (QED) is 0.704. The molecule has 1 aliphatic heterocycles. The van der Waals surface area contributed by atoms with Crippen molar-refractivity contribution in [1.82, 2.24) is 0 Å². The molecule has 1 aliphatic rings. The van der Waals surface area contributed by atoms with E-state index in [4.69, 9.17) is 20.6 Å². The lowest BCUT2D eigenvalue weighted by Gasteiger charge is -2.29. The van der Waals surface area contributed by atoms with Crippen molar-refractivity contribution in [2.45, 2.75) is 51.5 Å². The molecule has 1 saturated heterocycles. The summed E-state index contributed by atoms with van der Waals surface area (Å²) in [5.74, 6) is 0. The van der Waals surface area contributed by atoms with E-state index in [9.17, 15) is 4.57 Å². The molecule has 3 nitrogen and oxygen atoms in total. The highest BCUT2D eigenvalue weighted by Gasteiger charge is 2.57. The van der Waals surface area contributed by atoms with Gasteiger partial charge >= 0.3 is 7.60 Å². The highest BCUT2D eigenvalue weighted by Crippen LogP contribution is 2.71. The van der Waals surface area contributed by atoms with Gasteiger partial charge in [0.2, 0.25) is 0 Å². The van der Waals surface area contributed by atoms with Gasteiger partial charge in [-0.25, -0.2) is 0 Å². The van der Waals surface area contributed by atoms with Gasteiger partial charge < -0.3 is 0 Å². The maximum Gasteiger partial charge on any atom is 0.339 e. The summed E-state index contributed by atoms with van der Waals surface area (Å²) in [5.41, 5.74) is -0.570. The average Bonchev–Trinajstić information content (AvgIpc) is 2.44. The van der Waals surface area contributed by atoms with E-state index in [1.54, 1.807) is 12.1 Å². The Bertz CT molecular complexity index is 502. The molecule has 0 spiro atoms. The van der Waals surface area contributed by atoms with E-state index < -0.39 is 18.8 Å². The van der Waals surface area contributed by atoms with Crippen molar-refractivity contribution in [1.29, 1.82) is 0 Å². The Hall–Kier alpha value is -0.340. The lowest BCUT2D eigenvalue weighted by molar-refractivity contribution is 0.00578. The van der Waals surface area contributed by atoms with E-state index >= 15 is 0 Å². The zero-order chi connectivity index (χ0) is 14.5. The molecule has 2 rings (SSSR count). The molecule has 0 N–H and O–H groups in total.